The first-order valence-electron chi connectivity index (χ1n) is 9.14. The Balaban J connectivity index is 2.04. The molecule has 1 aliphatic heterocycles. The van der Waals surface area contributed by atoms with Gasteiger partial charge in [0.15, 0.2) is 5.78 Å². The zero-order valence-corrected chi connectivity index (χ0v) is 16.1. The fourth-order valence-corrected chi connectivity index (χ4v) is 3.48. The van der Waals surface area contributed by atoms with E-state index in [1.807, 2.05) is 19.0 Å². The number of likely N-dealkylation sites (tertiary alicyclic amines) is 1. The highest BCUT2D eigenvalue weighted by Crippen LogP contribution is 2.38. The molecule has 3 rings (SSSR count). The van der Waals surface area contributed by atoms with Crippen molar-refractivity contribution in [1.29, 1.82) is 0 Å². The Morgan fingerprint density at radius 3 is 2.24 bits per heavy atom. The largest absolute Gasteiger partial charge is 0.327 e. The van der Waals surface area contributed by atoms with Crippen molar-refractivity contribution in [1.82, 2.24) is 9.80 Å². The minimum atomic E-state index is -1.19. The van der Waals surface area contributed by atoms with E-state index in [4.69, 9.17) is 0 Å². The molecule has 8 nitrogen and oxygen atoms in total. The van der Waals surface area contributed by atoms with Gasteiger partial charge in [0.2, 0.25) is 5.78 Å². The number of nitro benzene ring substituents is 1. The number of nitro groups is 1. The minimum absolute atomic E-state index is 0.102. The van der Waals surface area contributed by atoms with Crippen LogP contribution in [0.5, 0.6) is 0 Å². The van der Waals surface area contributed by atoms with E-state index in [0.717, 1.165) is 0 Å². The number of carbonyl (C=O) groups excluding carboxylic acids is 3. The Labute approximate surface area is 167 Å². The molecule has 2 atom stereocenters. The molecule has 2 aromatic carbocycles. The lowest BCUT2D eigenvalue weighted by atomic mass is 9.86. The van der Waals surface area contributed by atoms with Gasteiger partial charge in [0.05, 0.1) is 11.0 Å². The van der Waals surface area contributed by atoms with Gasteiger partial charge in [0.25, 0.3) is 11.6 Å². The van der Waals surface area contributed by atoms with Gasteiger partial charge in [-0.1, -0.05) is 42.5 Å². The third-order valence-corrected chi connectivity index (χ3v) is 4.98. The fraction of sp³-hybridized carbons (Fsp3) is 0.286. The van der Waals surface area contributed by atoms with E-state index < -0.39 is 34.4 Å². The third-order valence-electron chi connectivity index (χ3n) is 4.98. The molecule has 1 amide bonds. The van der Waals surface area contributed by atoms with E-state index >= 15 is 0 Å². The van der Waals surface area contributed by atoms with Crippen molar-refractivity contribution in [2.45, 2.75) is 6.04 Å². The summed E-state index contributed by atoms with van der Waals surface area (Å²) in [6.45, 7) is 0.770. The number of carbonyl (C=O) groups is 3. The van der Waals surface area contributed by atoms with Crippen molar-refractivity contribution in [3.63, 3.8) is 0 Å². The molecule has 0 spiro atoms. The zero-order chi connectivity index (χ0) is 21.1. The Morgan fingerprint density at radius 2 is 1.69 bits per heavy atom. The highest BCUT2D eigenvalue weighted by atomic mass is 16.6. The van der Waals surface area contributed by atoms with Crippen LogP contribution in [0, 0.1) is 16.0 Å². The van der Waals surface area contributed by atoms with Crippen LogP contribution < -0.4 is 0 Å². The average Bonchev–Trinajstić information content (AvgIpc) is 2.97. The van der Waals surface area contributed by atoms with E-state index in [-0.39, 0.29) is 12.2 Å². The molecule has 1 aliphatic rings. The number of likely N-dealkylation sites (N-methyl/N-ethyl adjacent to an activating group) is 1. The number of benzene rings is 2. The molecule has 1 fully saturated rings. The summed E-state index contributed by atoms with van der Waals surface area (Å²) in [4.78, 5) is 52.4. The number of amides is 1. The maximum atomic E-state index is 13.1. The molecule has 0 N–H and O–H groups in total. The van der Waals surface area contributed by atoms with Gasteiger partial charge < -0.3 is 9.80 Å². The van der Waals surface area contributed by atoms with Crippen molar-refractivity contribution < 1.29 is 19.3 Å². The van der Waals surface area contributed by atoms with E-state index in [9.17, 15) is 24.5 Å². The normalized spacial score (nSPS) is 19.1. The number of ketones is 2. The molecule has 150 valence electrons. The predicted molar refractivity (Wildman–Crippen MR) is 105 cm³/mol. The molecule has 0 aromatic heterocycles. The van der Waals surface area contributed by atoms with Gasteiger partial charge in [-0.3, -0.25) is 24.5 Å². The molecule has 0 radical (unpaired) electrons. The van der Waals surface area contributed by atoms with E-state index in [2.05, 4.69) is 0 Å². The van der Waals surface area contributed by atoms with Gasteiger partial charge in [0, 0.05) is 30.8 Å². The summed E-state index contributed by atoms with van der Waals surface area (Å²) in [5.74, 6) is -3.07. The SMILES string of the molecule is CN(C)CCN1C(=O)C(=O)C(C(=O)c2ccccc2)C1c1ccc([N+](=O)[O-])cc1. The lowest BCUT2D eigenvalue weighted by molar-refractivity contribution is -0.384. The predicted octanol–water partition coefficient (Wildman–Crippen LogP) is 2.11. The lowest BCUT2D eigenvalue weighted by Crippen LogP contribution is -2.36. The van der Waals surface area contributed by atoms with Crippen LogP contribution in [0.15, 0.2) is 54.6 Å². The standard InChI is InChI=1S/C21H21N3O5/c1-22(2)12-13-23-18(14-8-10-16(11-9-14)24(28)29)17(20(26)21(23)27)19(25)15-6-4-3-5-7-15/h3-11,17-18H,12-13H2,1-2H3. The molecular formula is C21H21N3O5. The maximum Gasteiger partial charge on any atom is 0.291 e. The summed E-state index contributed by atoms with van der Waals surface area (Å²) in [6.07, 6.45) is 0. The Kier molecular flexibility index (Phi) is 5.84. The molecule has 2 unspecified atom stereocenters. The molecule has 0 aliphatic carbocycles. The van der Waals surface area contributed by atoms with Crippen LogP contribution in [0.2, 0.25) is 0 Å². The van der Waals surface area contributed by atoms with Crippen molar-refractivity contribution in [2.24, 2.45) is 5.92 Å². The highest BCUT2D eigenvalue weighted by Gasteiger charge is 2.51. The van der Waals surface area contributed by atoms with E-state index in [1.165, 1.54) is 29.2 Å². The van der Waals surface area contributed by atoms with Crippen LogP contribution in [-0.4, -0.2) is 59.4 Å². The second kappa shape index (κ2) is 8.32. The first-order chi connectivity index (χ1) is 13.8. The minimum Gasteiger partial charge on any atom is -0.327 e. The highest BCUT2D eigenvalue weighted by molar-refractivity contribution is 6.44. The molecule has 1 heterocycles. The Morgan fingerprint density at radius 1 is 1.07 bits per heavy atom. The first kappa shape index (κ1) is 20.3. The van der Waals surface area contributed by atoms with Crippen molar-refractivity contribution >= 4 is 23.2 Å². The summed E-state index contributed by atoms with van der Waals surface area (Å²) < 4.78 is 0. The smallest absolute Gasteiger partial charge is 0.291 e. The Hall–Kier alpha value is -3.39. The maximum absolute atomic E-state index is 13.1. The van der Waals surface area contributed by atoms with Gasteiger partial charge in [-0.25, -0.2) is 0 Å². The van der Waals surface area contributed by atoms with Crippen LogP contribution in [0.4, 0.5) is 5.69 Å². The molecular weight excluding hydrogens is 374 g/mol. The van der Waals surface area contributed by atoms with Crippen molar-refractivity contribution in [2.75, 3.05) is 27.2 Å². The van der Waals surface area contributed by atoms with Crippen LogP contribution >= 0.6 is 0 Å². The fourth-order valence-electron chi connectivity index (χ4n) is 3.48. The number of Topliss-reactive ketones (excluding diaryl/α,β-unsaturated/α-hetero) is 2. The van der Waals surface area contributed by atoms with Gasteiger partial charge in [-0.05, 0) is 19.7 Å². The van der Waals surface area contributed by atoms with Crippen LogP contribution in [0.3, 0.4) is 0 Å². The zero-order valence-electron chi connectivity index (χ0n) is 16.1. The molecule has 0 saturated carbocycles. The summed E-state index contributed by atoms with van der Waals surface area (Å²) >= 11 is 0. The van der Waals surface area contributed by atoms with Crippen molar-refractivity contribution in [3.05, 3.63) is 75.8 Å². The second-order valence-electron chi connectivity index (χ2n) is 7.17. The van der Waals surface area contributed by atoms with E-state index in [0.29, 0.717) is 17.7 Å². The number of rotatable bonds is 7. The average molecular weight is 395 g/mol. The monoisotopic (exact) mass is 395 g/mol. The quantitative estimate of drug-likeness (QED) is 0.234. The summed E-state index contributed by atoms with van der Waals surface area (Å²) in [6, 6.07) is 13.2. The first-order valence-corrected chi connectivity index (χ1v) is 9.14. The molecule has 8 heteroatoms. The summed E-state index contributed by atoms with van der Waals surface area (Å²) in [5.41, 5.74) is 0.762. The summed E-state index contributed by atoms with van der Waals surface area (Å²) in [7, 11) is 3.69. The van der Waals surface area contributed by atoms with Gasteiger partial charge in [0.1, 0.15) is 5.92 Å². The van der Waals surface area contributed by atoms with Gasteiger partial charge >= 0.3 is 0 Å². The van der Waals surface area contributed by atoms with Gasteiger partial charge in [-0.2, -0.15) is 0 Å². The van der Waals surface area contributed by atoms with Gasteiger partial charge in [-0.15, -0.1) is 0 Å². The Bertz CT molecular complexity index is 941. The number of hydrogen-bond acceptors (Lipinski definition) is 6. The van der Waals surface area contributed by atoms with Crippen molar-refractivity contribution in [3.8, 4) is 0 Å². The topological polar surface area (TPSA) is 101 Å². The molecule has 29 heavy (non-hydrogen) atoms. The number of non-ortho nitro benzene ring substituents is 1. The number of hydrogen-bond donors (Lipinski definition) is 0. The van der Waals surface area contributed by atoms with Crippen LogP contribution in [0.1, 0.15) is 22.0 Å². The molecule has 1 saturated heterocycles. The number of nitrogens with zero attached hydrogens (tertiary/aromatic N) is 3. The second-order valence-corrected chi connectivity index (χ2v) is 7.17. The third kappa shape index (κ3) is 4.07. The summed E-state index contributed by atoms with van der Waals surface area (Å²) in [5, 5.41) is 11.0. The molecule has 2 aromatic rings. The van der Waals surface area contributed by atoms with Crippen LogP contribution in [0.25, 0.3) is 0 Å². The van der Waals surface area contributed by atoms with E-state index in [1.54, 1.807) is 30.3 Å². The lowest BCUT2D eigenvalue weighted by Gasteiger charge is -2.28. The molecule has 0 bridgehead atoms. The van der Waals surface area contributed by atoms with Crippen LogP contribution in [-0.2, 0) is 9.59 Å².